The van der Waals surface area contributed by atoms with Crippen molar-refractivity contribution >= 4 is 50.3 Å². The summed E-state index contributed by atoms with van der Waals surface area (Å²) in [7, 11) is 1.27. The number of carbonyl (C=O) groups excluding carboxylic acids is 3. The maximum Gasteiger partial charge on any atom is 0.408 e. The van der Waals surface area contributed by atoms with Gasteiger partial charge in [-0.2, -0.15) is 0 Å². The summed E-state index contributed by atoms with van der Waals surface area (Å²) >= 11 is 0. The molecule has 7 nitrogen and oxygen atoms in total. The highest BCUT2D eigenvalue weighted by atomic mass is 16.6. The average Bonchev–Trinajstić information content (AvgIpc) is 2.96. The van der Waals surface area contributed by atoms with Gasteiger partial charge in [-0.1, -0.05) is 84.9 Å². The lowest BCUT2D eigenvalue weighted by Gasteiger charge is -2.18. The minimum atomic E-state index is -1.07. The van der Waals surface area contributed by atoms with Crippen LogP contribution in [0.5, 0.6) is 0 Å². The molecule has 0 fully saturated rings. The van der Waals surface area contributed by atoms with Gasteiger partial charge in [0, 0.05) is 6.42 Å². The zero-order valence-electron chi connectivity index (χ0n) is 20.9. The van der Waals surface area contributed by atoms with E-state index in [1.165, 1.54) is 12.5 Å². The highest BCUT2D eigenvalue weighted by Gasteiger charge is 2.25. The van der Waals surface area contributed by atoms with E-state index >= 15 is 0 Å². The van der Waals surface area contributed by atoms with Crippen LogP contribution in [0, 0.1) is 0 Å². The molecule has 0 aliphatic carbocycles. The summed E-state index contributed by atoms with van der Waals surface area (Å²) in [6, 6.07) is 26.6. The number of esters is 2. The number of amides is 1. The van der Waals surface area contributed by atoms with E-state index in [0.29, 0.717) is 0 Å². The van der Waals surface area contributed by atoms with Crippen molar-refractivity contribution in [3.05, 3.63) is 96.1 Å². The SMILES string of the molecule is COC(=O)CC[C@H](NC(=O)OCc1ccccc1)C(=O)OCc1ccc2ccc3cccc4ccc1c2c34. The van der Waals surface area contributed by atoms with E-state index in [1.807, 2.05) is 54.6 Å². The van der Waals surface area contributed by atoms with Gasteiger partial charge >= 0.3 is 18.0 Å². The van der Waals surface area contributed by atoms with E-state index in [2.05, 4.69) is 40.4 Å². The van der Waals surface area contributed by atoms with Gasteiger partial charge in [0.15, 0.2) is 0 Å². The Kier molecular flexibility index (Phi) is 7.35. The van der Waals surface area contributed by atoms with Crippen LogP contribution in [0.15, 0.2) is 84.9 Å². The molecule has 0 aromatic heterocycles. The molecule has 0 saturated heterocycles. The molecule has 0 unspecified atom stereocenters. The maximum absolute atomic E-state index is 13.1. The molecule has 1 atom stereocenters. The summed E-state index contributed by atoms with van der Waals surface area (Å²) in [5.41, 5.74) is 1.66. The van der Waals surface area contributed by atoms with Crippen LogP contribution in [0.2, 0.25) is 0 Å². The van der Waals surface area contributed by atoms with Gasteiger partial charge in [-0.15, -0.1) is 0 Å². The smallest absolute Gasteiger partial charge is 0.408 e. The van der Waals surface area contributed by atoms with Gasteiger partial charge in [-0.3, -0.25) is 4.79 Å². The maximum atomic E-state index is 13.1. The van der Waals surface area contributed by atoms with Gasteiger partial charge in [0.1, 0.15) is 19.3 Å². The standard InChI is InChI=1S/C31H27NO6/c1-36-27(33)17-16-26(32-31(35)38-18-20-6-3-2-4-7-20)30(34)37-19-24-13-12-23-11-10-21-8-5-9-22-14-15-25(24)29(23)28(21)22/h2-15,26H,16-19H2,1H3,(H,32,35)/t26-/m0/s1. The highest BCUT2D eigenvalue weighted by molar-refractivity contribution is 6.23. The summed E-state index contributed by atoms with van der Waals surface area (Å²) in [4.78, 5) is 37.2. The summed E-state index contributed by atoms with van der Waals surface area (Å²) in [5.74, 6) is -1.15. The molecule has 0 aliphatic heterocycles. The third-order valence-corrected chi connectivity index (χ3v) is 6.64. The zero-order chi connectivity index (χ0) is 26.5. The van der Waals surface area contributed by atoms with Crippen LogP contribution in [0.25, 0.3) is 32.3 Å². The molecule has 38 heavy (non-hydrogen) atoms. The first-order valence-corrected chi connectivity index (χ1v) is 12.4. The first-order valence-electron chi connectivity index (χ1n) is 12.4. The van der Waals surface area contributed by atoms with Crippen LogP contribution in [0.4, 0.5) is 4.79 Å². The first kappa shape index (κ1) is 25.0. The zero-order valence-corrected chi connectivity index (χ0v) is 20.9. The van der Waals surface area contributed by atoms with Crippen LogP contribution < -0.4 is 5.32 Å². The van der Waals surface area contributed by atoms with E-state index < -0.39 is 24.1 Å². The molecular formula is C31H27NO6. The third-order valence-electron chi connectivity index (χ3n) is 6.64. The summed E-state index contributed by atoms with van der Waals surface area (Å²) in [5, 5.41) is 9.24. The second-order valence-electron chi connectivity index (χ2n) is 9.06. The van der Waals surface area contributed by atoms with Crippen LogP contribution in [0.1, 0.15) is 24.0 Å². The molecule has 0 aliphatic rings. The van der Waals surface area contributed by atoms with Crippen LogP contribution in [0.3, 0.4) is 0 Å². The molecule has 0 heterocycles. The van der Waals surface area contributed by atoms with E-state index in [4.69, 9.17) is 9.47 Å². The van der Waals surface area contributed by atoms with Gasteiger partial charge in [-0.05, 0) is 49.9 Å². The summed E-state index contributed by atoms with van der Waals surface area (Å²) < 4.78 is 15.6. The van der Waals surface area contributed by atoms with Crippen molar-refractivity contribution in [2.24, 2.45) is 0 Å². The number of carbonyl (C=O) groups is 3. The normalized spacial score (nSPS) is 11.9. The number of benzene rings is 5. The van der Waals surface area contributed by atoms with Crippen molar-refractivity contribution in [1.29, 1.82) is 0 Å². The second-order valence-corrected chi connectivity index (χ2v) is 9.06. The Morgan fingerprint density at radius 1 is 0.737 bits per heavy atom. The number of hydrogen-bond acceptors (Lipinski definition) is 6. The van der Waals surface area contributed by atoms with Gasteiger partial charge in [-0.25, -0.2) is 9.59 Å². The fourth-order valence-electron chi connectivity index (χ4n) is 4.69. The minimum absolute atomic E-state index is 0.0163. The van der Waals surface area contributed by atoms with Crippen molar-refractivity contribution in [3.8, 4) is 0 Å². The number of hydrogen-bond donors (Lipinski definition) is 1. The number of rotatable bonds is 9. The molecular weight excluding hydrogens is 482 g/mol. The molecule has 0 radical (unpaired) electrons. The quantitative estimate of drug-likeness (QED) is 0.152. The average molecular weight is 510 g/mol. The van der Waals surface area contributed by atoms with Crippen molar-refractivity contribution in [1.82, 2.24) is 5.32 Å². The fourth-order valence-corrected chi connectivity index (χ4v) is 4.69. The Morgan fingerprint density at radius 3 is 2.16 bits per heavy atom. The number of methoxy groups -OCH3 is 1. The molecule has 0 spiro atoms. The van der Waals surface area contributed by atoms with Gasteiger partial charge in [0.25, 0.3) is 0 Å². The van der Waals surface area contributed by atoms with Crippen molar-refractivity contribution in [2.75, 3.05) is 7.11 Å². The van der Waals surface area contributed by atoms with Crippen LogP contribution in [-0.2, 0) is 37.0 Å². The van der Waals surface area contributed by atoms with Gasteiger partial charge in [0.2, 0.25) is 0 Å². The Bertz CT molecular complexity index is 1580. The Morgan fingerprint density at radius 2 is 1.42 bits per heavy atom. The van der Waals surface area contributed by atoms with Crippen LogP contribution >= 0.6 is 0 Å². The lowest BCUT2D eigenvalue weighted by molar-refractivity contribution is -0.148. The lowest BCUT2D eigenvalue weighted by atomic mass is 9.92. The fraction of sp³-hybridized carbons (Fsp3) is 0.194. The van der Waals surface area contributed by atoms with Crippen molar-refractivity contribution < 1.29 is 28.6 Å². The number of nitrogens with one attached hydrogen (secondary N) is 1. The van der Waals surface area contributed by atoms with E-state index in [1.54, 1.807) is 0 Å². The number of ether oxygens (including phenoxy) is 3. The first-order chi connectivity index (χ1) is 18.5. The monoisotopic (exact) mass is 509 g/mol. The Labute approximate surface area is 219 Å². The molecule has 1 amide bonds. The molecule has 5 rings (SSSR count). The number of alkyl carbamates (subject to hydrolysis) is 1. The van der Waals surface area contributed by atoms with Gasteiger partial charge < -0.3 is 19.5 Å². The molecule has 0 bridgehead atoms. The molecule has 192 valence electrons. The predicted molar refractivity (Wildman–Crippen MR) is 145 cm³/mol. The lowest BCUT2D eigenvalue weighted by Crippen LogP contribution is -2.42. The third kappa shape index (κ3) is 5.37. The van der Waals surface area contributed by atoms with Crippen molar-refractivity contribution in [2.45, 2.75) is 32.1 Å². The second kappa shape index (κ2) is 11.2. The summed E-state index contributed by atoms with van der Waals surface area (Å²) in [6.45, 7) is 0.0661. The topological polar surface area (TPSA) is 90.9 Å². The molecule has 5 aromatic rings. The van der Waals surface area contributed by atoms with Crippen molar-refractivity contribution in [3.63, 3.8) is 0 Å². The van der Waals surface area contributed by atoms with E-state index in [-0.39, 0.29) is 26.1 Å². The molecule has 5 aromatic carbocycles. The molecule has 0 saturated carbocycles. The van der Waals surface area contributed by atoms with E-state index in [0.717, 1.165) is 38.1 Å². The molecule has 7 heteroatoms. The minimum Gasteiger partial charge on any atom is -0.469 e. The summed E-state index contributed by atoms with van der Waals surface area (Å²) in [6.07, 6.45) is -0.818. The predicted octanol–water partition coefficient (Wildman–Crippen LogP) is 5.88. The van der Waals surface area contributed by atoms with Gasteiger partial charge in [0.05, 0.1) is 7.11 Å². The van der Waals surface area contributed by atoms with E-state index in [9.17, 15) is 14.4 Å². The Hall–Kier alpha value is -4.65. The largest absolute Gasteiger partial charge is 0.469 e. The molecule has 1 N–H and O–H groups in total. The highest BCUT2D eigenvalue weighted by Crippen LogP contribution is 2.36. The van der Waals surface area contributed by atoms with Crippen LogP contribution in [-0.4, -0.2) is 31.2 Å². The Balaban J connectivity index is 1.31.